The van der Waals surface area contributed by atoms with Gasteiger partial charge in [0.1, 0.15) is 17.4 Å². The highest BCUT2D eigenvalue weighted by atomic mass is 32.2. The van der Waals surface area contributed by atoms with Crippen LogP contribution in [-0.4, -0.2) is 24.3 Å². The Hall–Kier alpha value is -2.08. The average Bonchev–Trinajstić information content (AvgIpc) is 2.58. The van der Waals surface area contributed by atoms with E-state index in [1.807, 2.05) is 0 Å². The van der Waals surface area contributed by atoms with Gasteiger partial charge in [-0.1, -0.05) is 18.2 Å². The Morgan fingerprint density at radius 1 is 1.17 bits per heavy atom. The van der Waals surface area contributed by atoms with Gasteiger partial charge in [-0.3, -0.25) is 4.79 Å². The molecule has 0 aromatic heterocycles. The van der Waals surface area contributed by atoms with Crippen molar-refractivity contribution >= 4 is 17.7 Å². The van der Waals surface area contributed by atoms with Gasteiger partial charge in [-0.15, -0.1) is 0 Å². The van der Waals surface area contributed by atoms with E-state index in [9.17, 15) is 13.6 Å². The van der Waals surface area contributed by atoms with Crippen LogP contribution in [0.15, 0.2) is 48.5 Å². The van der Waals surface area contributed by atoms with Gasteiger partial charge in [0, 0.05) is 18.1 Å². The minimum atomic E-state index is -0.674. The van der Waals surface area contributed by atoms with Gasteiger partial charge in [0.15, 0.2) is 6.10 Å². The number of hydrogen-bond donors (Lipinski definition) is 1. The minimum absolute atomic E-state index is 0.213. The Bertz CT molecular complexity index is 664. The van der Waals surface area contributed by atoms with Crippen molar-refractivity contribution in [2.45, 2.75) is 18.8 Å². The van der Waals surface area contributed by atoms with Gasteiger partial charge in [0.25, 0.3) is 5.91 Å². The number of amides is 1. The first-order valence-corrected chi connectivity index (χ1v) is 8.73. The molecule has 2 aromatic rings. The van der Waals surface area contributed by atoms with Crippen molar-refractivity contribution in [3.05, 3.63) is 65.7 Å². The molecular weight excluding hydrogens is 332 g/mol. The van der Waals surface area contributed by atoms with Crippen LogP contribution in [0.25, 0.3) is 0 Å². The molecule has 0 bridgehead atoms. The second kappa shape index (κ2) is 9.27. The van der Waals surface area contributed by atoms with E-state index in [1.54, 1.807) is 36.9 Å². The van der Waals surface area contributed by atoms with Crippen LogP contribution >= 0.6 is 11.8 Å². The highest BCUT2D eigenvalue weighted by molar-refractivity contribution is 7.98. The van der Waals surface area contributed by atoms with Gasteiger partial charge >= 0.3 is 0 Å². The predicted octanol–water partition coefficient (Wildman–Crippen LogP) is 3.78. The zero-order chi connectivity index (χ0) is 17.4. The van der Waals surface area contributed by atoms with Crippen molar-refractivity contribution in [2.75, 3.05) is 12.3 Å². The lowest BCUT2D eigenvalue weighted by Crippen LogP contribution is -2.37. The van der Waals surface area contributed by atoms with Crippen LogP contribution in [0.2, 0.25) is 0 Å². The van der Waals surface area contributed by atoms with Gasteiger partial charge < -0.3 is 10.1 Å². The zero-order valence-electron chi connectivity index (χ0n) is 13.3. The number of ether oxygens (including phenoxy) is 1. The topological polar surface area (TPSA) is 38.3 Å². The molecule has 0 saturated heterocycles. The molecule has 0 aliphatic heterocycles. The number of hydrogen-bond acceptors (Lipinski definition) is 3. The lowest BCUT2D eigenvalue weighted by molar-refractivity contribution is -0.127. The maximum Gasteiger partial charge on any atom is 0.260 e. The average molecular weight is 351 g/mol. The molecule has 1 amide bonds. The van der Waals surface area contributed by atoms with Crippen molar-refractivity contribution in [3.63, 3.8) is 0 Å². The summed E-state index contributed by atoms with van der Waals surface area (Å²) >= 11 is 1.54. The molecular formula is C18H19F2NO2S. The molecule has 128 valence electrons. The lowest BCUT2D eigenvalue weighted by Gasteiger charge is -2.14. The van der Waals surface area contributed by atoms with Crippen LogP contribution in [0.3, 0.4) is 0 Å². The molecule has 0 spiro atoms. The van der Waals surface area contributed by atoms with E-state index in [-0.39, 0.29) is 17.5 Å². The fraction of sp³-hybridized carbons (Fsp3) is 0.278. The van der Waals surface area contributed by atoms with Gasteiger partial charge in [0.05, 0.1) is 0 Å². The fourth-order valence-corrected chi connectivity index (χ4v) is 2.80. The van der Waals surface area contributed by atoms with E-state index in [2.05, 4.69) is 5.32 Å². The molecule has 0 radical (unpaired) electrons. The molecule has 0 fully saturated rings. The Kier molecular flexibility index (Phi) is 7.06. The summed E-state index contributed by atoms with van der Waals surface area (Å²) in [7, 11) is 0. The van der Waals surface area contributed by atoms with Crippen LogP contribution < -0.4 is 10.1 Å². The summed E-state index contributed by atoms with van der Waals surface area (Å²) in [5, 5.41) is 2.76. The second-order valence-electron chi connectivity index (χ2n) is 5.15. The lowest BCUT2D eigenvalue weighted by atomic mass is 10.2. The van der Waals surface area contributed by atoms with E-state index >= 15 is 0 Å². The van der Waals surface area contributed by atoms with Crippen molar-refractivity contribution < 1.29 is 18.3 Å². The number of halogens is 2. The largest absolute Gasteiger partial charge is 0.481 e. The molecule has 24 heavy (non-hydrogen) atoms. The number of carbonyl (C=O) groups excluding carboxylic acids is 1. The van der Waals surface area contributed by atoms with Gasteiger partial charge in [-0.2, -0.15) is 11.8 Å². The minimum Gasteiger partial charge on any atom is -0.481 e. The van der Waals surface area contributed by atoms with E-state index in [0.29, 0.717) is 29.4 Å². The molecule has 2 aromatic carbocycles. The molecule has 1 unspecified atom stereocenters. The summed E-state index contributed by atoms with van der Waals surface area (Å²) in [5.74, 6) is 0.855. The molecule has 0 heterocycles. The first-order chi connectivity index (χ1) is 11.6. The predicted molar refractivity (Wildman–Crippen MR) is 92.1 cm³/mol. The number of carbonyl (C=O) groups is 1. The summed E-state index contributed by atoms with van der Waals surface area (Å²) in [6.45, 7) is 2.10. The third kappa shape index (κ3) is 5.85. The van der Waals surface area contributed by atoms with Gasteiger partial charge in [-0.25, -0.2) is 8.78 Å². The Labute approximate surface area is 144 Å². The quantitative estimate of drug-likeness (QED) is 0.736. The van der Waals surface area contributed by atoms with Crippen LogP contribution in [-0.2, 0) is 10.5 Å². The monoisotopic (exact) mass is 351 g/mol. The third-order valence-electron chi connectivity index (χ3n) is 3.26. The molecule has 2 rings (SSSR count). The molecule has 0 aliphatic rings. The summed E-state index contributed by atoms with van der Waals surface area (Å²) in [5.41, 5.74) is 0.654. The standard InChI is InChI=1S/C18H19F2NO2S/c1-13(23-16-8-6-15(19)7-9-16)18(22)21-10-11-24-12-14-4-2-3-5-17(14)20/h2-9,13H,10-12H2,1H3,(H,21,22). The van der Waals surface area contributed by atoms with Crippen LogP contribution in [0.5, 0.6) is 5.75 Å². The maximum atomic E-state index is 13.4. The van der Waals surface area contributed by atoms with Crippen molar-refractivity contribution in [1.82, 2.24) is 5.32 Å². The van der Waals surface area contributed by atoms with Gasteiger partial charge in [0.2, 0.25) is 0 Å². The first kappa shape index (κ1) is 18.3. The number of nitrogens with one attached hydrogen (secondary N) is 1. The SMILES string of the molecule is CC(Oc1ccc(F)cc1)C(=O)NCCSCc1ccccc1F. The Morgan fingerprint density at radius 3 is 2.58 bits per heavy atom. The van der Waals surface area contributed by atoms with Crippen LogP contribution in [0.1, 0.15) is 12.5 Å². The summed E-state index contributed by atoms with van der Waals surface area (Å²) in [6, 6.07) is 12.2. The zero-order valence-corrected chi connectivity index (χ0v) is 14.1. The maximum absolute atomic E-state index is 13.4. The molecule has 3 nitrogen and oxygen atoms in total. The first-order valence-electron chi connectivity index (χ1n) is 7.57. The van der Waals surface area contributed by atoms with E-state index in [0.717, 1.165) is 0 Å². The van der Waals surface area contributed by atoms with Crippen LogP contribution in [0, 0.1) is 11.6 Å². The number of rotatable bonds is 8. The van der Waals surface area contributed by atoms with E-state index in [4.69, 9.17) is 4.74 Å². The third-order valence-corrected chi connectivity index (χ3v) is 4.26. The van der Waals surface area contributed by atoms with Crippen LogP contribution in [0.4, 0.5) is 8.78 Å². The number of benzene rings is 2. The molecule has 1 atom stereocenters. The molecule has 0 aliphatic carbocycles. The highest BCUT2D eigenvalue weighted by Crippen LogP contribution is 2.15. The summed E-state index contributed by atoms with van der Waals surface area (Å²) in [6.07, 6.45) is -0.674. The number of thioether (sulfide) groups is 1. The smallest absolute Gasteiger partial charge is 0.260 e. The Morgan fingerprint density at radius 2 is 1.88 bits per heavy atom. The van der Waals surface area contributed by atoms with Crippen molar-refractivity contribution in [3.8, 4) is 5.75 Å². The second-order valence-corrected chi connectivity index (χ2v) is 6.25. The summed E-state index contributed by atoms with van der Waals surface area (Å²) in [4.78, 5) is 11.9. The van der Waals surface area contributed by atoms with E-state index in [1.165, 1.54) is 30.3 Å². The molecule has 1 N–H and O–H groups in total. The molecule has 6 heteroatoms. The summed E-state index contributed by atoms with van der Waals surface area (Å²) < 4.78 is 31.7. The highest BCUT2D eigenvalue weighted by Gasteiger charge is 2.14. The Balaban J connectivity index is 1.65. The van der Waals surface area contributed by atoms with Gasteiger partial charge in [-0.05, 0) is 42.8 Å². The van der Waals surface area contributed by atoms with E-state index < -0.39 is 6.10 Å². The normalized spacial score (nSPS) is 11.8. The van der Waals surface area contributed by atoms with Crippen molar-refractivity contribution in [2.24, 2.45) is 0 Å². The molecule has 0 saturated carbocycles. The van der Waals surface area contributed by atoms with Crippen molar-refractivity contribution in [1.29, 1.82) is 0 Å². The fourth-order valence-electron chi connectivity index (χ4n) is 1.96.